The summed E-state index contributed by atoms with van der Waals surface area (Å²) in [6.45, 7) is 1.29. The van der Waals surface area contributed by atoms with E-state index in [2.05, 4.69) is 10.3 Å². The van der Waals surface area contributed by atoms with Gasteiger partial charge < -0.3 is 5.32 Å². The standard InChI is InChI=1S/C18H25F3N4O3S/c19-18(20,21)14-3-1-4-15(11-14)23-17(26)13-24-7-9-25(10-8-24)29(27,28)16-5-2-6-22-12-16/h2,5-6,12,14-15H,1,3-4,7-11,13H2,(H,23,26). The number of piperazine rings is 1. The number of hydrogen-bond donors (Lipinski definition) is 1. The molecule has 162 valence electrons. The Kier molecular flexibility index (Phi) is 6.79. The fourth-order valence-electron chi connectivity index (χ4n) is 3.87. The minimum atomic E-state index is -4.22. The summed E-state index contributed by atoms with van der Waals surface area (Å²) in [6, 6.07) is 2.58. The molecule has 1 amide bonds. The van der Waals surface area contributed by atoms with Gasteiger partial charge in [-0.25, -0.2) is 8.42 Å². The van der Waals surface area contributed by atoms with E-state index in [0.29, 0.717) is 25.9 Å². The van der Waals surface area contributed by atoms with Gasteiger partial charge in [-0.05, 0) is 31.4 Å². The first-order chi connectivity index (χ1) is 13.7. The molecule has 0 spiro atoms. The maximum absolute atomic E-state index is 12.9. The van der Waals surface area contributed by atoms with E-state index in [4.69, 9.17) is 0 Å². The fourth-order valence-corrected chi connectivity index (χ4v) is 5.26. The second kappa shape index (κ2) is 8.97. The molecule has 7 nitrogen and oxygen atoms in total. The van der Waals surface area contributed by atoms with Crippen molar-refractivity contribution in [2.75, 3.05) is 32.7 Å². The summed E-state index contributed by atoms with van der Waals surface area (Å²) in [5, 5.41) is 2.71. The summed E-state index contributed by atoms with van der Waals surface area (Å²) in [5.41, 5.74) is 0. The van der Waals surface area contributed by atoms with Gasteiger partial charge in [-0.1, -0.05) is 6.42 Å². The van der Waals surface area contributed by atoms with Crippen molar-refractivity contribution in [2.24, 2.45) is 5.92 Å². The van der Waals surface area contributed by atoms with Crippen LogP contribution in [0.4, 0.5) is 13.2 Å². The highest BCUT2D eigenvalue weighted by Gasteiger charge is 2.42. The molecule has 2 unspecified atom stereocenters. The number of nitrogens with one attached hydrogen (secondary N) is 1. The Morgan fingerprint density at radius 2 is 1.93 bits per heavy atom. The molecule has 2 heterocycles. The molecule has 1 aromatic heterocycles. The third kappa shape index (κ3) is 5.67. The quantitative estimate of drug-likeness (QED) is 0.762. The molecule has 11 heteroatoms. The number of amides is 1. The van der Waals surface area contributed by atoms with Gasteiger partial charge in [-0.15, -0.1) is 0 Å². The maximum atomic E-state index is 12.9. The van der Waals surface area contributed by atoms with Gasteiger partial charge in [0.15, 0.2) is 0 Å². The van der Waals surface area contributed by atoms with Crippen molar-refractivity contribution in [2.45, 2.75) is 42.8 Å². The normalized spacial score (nSPS) is 24.9. The average molecular weight is 434 g/mol. The highest BCUT2D eigenvalue weighted by atomic mass is 32.2. The Labute approximate surface area is 168 Å². The van der Waals surface area contributed by atoms with Gasteiger partial charge >= 0.3 is 6.18 Å². The lowest BCUT2D eigenvalue weighted by molar-refractivity contribution is -0.184. The second-order valence-electron chi connectivity index (χ2n) is 7.54. The summed E-state index contributed by atoms with van der Waals surface area (Å²) in [4.78, 5) is 18.0. The summed E-state index contributed by atoms with van der Waals surface area (Å²) in [7, 11) is -3.62. The van der Waals surface area contributed by atoms with Crippen LogP contribution in [0.3, 0.4) is 0 Å². The first-order valence-corrected chi connectivity index (χ1v) is 11.1. The van der Waals surface area contributed by atoms with Crippen molar-refractivity contribution in [3.05, 3.63) is 24.5 Å². The first kappa shape index (κ1) is 22.0. The fraction of sp³-hybridized carbons (Fsp3) is 0.667. The monoisotopic (exact) mass is 434 g/mol. The second-order valence-corrected chi connectivity index (χ2v) is 9.48. The van der Waals surface area contributed by atoms with Crippen molar-refractivity contribution in [3.63, 3.8) is 0 Å². The van der Waals surface area contributed by atoms with Crippen molar-refractivity contribution in [1.29, 1.82) is 0 Å². The Bertz CT molecular complexity index is 796. The highest BCUT2D eigenvalue weighted by Crippen LogP contribution is 2.37. The van der Waals surface area contributed by atoms with Gasteiger partial charge in [0.2, 0.25) is 15.9 Å². The van der Waals surface area contributed by atoms with E-state index in [1.165, 1.54) is 22.8 Å². The van der Waals surface area contributed by atoms with Gasteiger partial charge in [0, 0.05) is 44.6 Å². The lowest BCUT2D eigenvalue weighted by Crippen LogP contribution is -2.52. The van der Waals surface area contributed by atoms with Crippen molar-refractivity contribution < 1.29 is 26.4 Å². The number of halogens is 3. The van der Waals surface area contributed by atoms with Crippen LogP contribution in [0.25, 0.3) is 0 Å². The summed E-state index contributed by atoms with van der Waals surface area (Å²) in [6.07, 6.45) is -0.392. The average Bonchev–Trinajstić information content (AvgIpc) is 2.68. The molecule has 1 saturated heterocycles. The summed E-state index contributed by atoms with van der Waals surface area (Å²) in [5.74, 6) is -1.68. The molecule has 29 heavy (non-hydrogen) atoms. The minimum absolute atomic E-state index is 0.0496. The number of hydrogen-bond acceptors (Lipinski definition) is 5. The van der Waals surface area contributed by atoms with Crippen LogP contribution in [0, 0.1) is 5.92 Å². The van der Waals surface area contributed by atoms with Crippen LogP contribution in [0.5, 0.6) is 0 Å². The molecule has 0 radical (unpaired) electrons. The van der Waals surface area contributed by atoms with E-state index < -0.39 is 28.2 Å². The van der Waals surface area contributed by atoms with E-state index in [0.717, 1.165) is 0 Å². The van der Waals surface area contributed by atoms with Gasteiger partial charge in [0.1, 0.15) is 4.90 Å². The van der Waals surface area contributed by atoms with Crippen molar-refractivity contribution in [3.8, 4) is 0 Å². The zero-order valence-electron chi connectivity index (χ0n) is 15.9. The Morgan fingerprint density at radius 3 is 2.55 bits per heavy atom. The first-order valence-electron chi connectivity index (χ1n) is 9.65. The Hall–Kier alpha value is -1.72. The molecule has 2 aliphatic rings. The summed E-state index contributed by atoms with van der Waals surface area (Å²) < 4.78 is 65.2. The zero-order chi connectivity index (χ0) is 21.1. The van der Waals surface area contributed by atoms with Crippen LogP contribution >= 0.6 is 0 Å². The third-order valence-corrected chi connectivity index (χ3v) is 7.36. The molecule has 1 saturated carbocycles. The van der Waals surface area contributed by atoms with Crippen molar-refractivity contribution >= 4 is 15.9 Å². The van der Waals surface area contributed by atoms with Crippen LogP contribution < -0.4 is 5.32 Å². The minimum Gasteiger partial charge on any atom is -0.352 e. The van der Waals surface area contributed by atoms with Gasteiger partial charge in [-0.3, -0.25) is 14.7 Å². The van der Waals surface area contributed by atoms with Crippen LogP contribution in [0.1, 0.15) is 25.7 Å². The number of pyridine rings is 1. The largest absolute Gasteiger partial charge is 0.391 e. The van der Waals surface area contributed by atoms with E-state index >= 15 is 0 Å². The van der Waals surface area contributed by atoms with Crippen LogP contribution in [-0.2, 0) is 14.8 Å². The smallest absolute Gasteiger partial charge is 0.352 e. The molecule has 1 aliphatic carbocycles. The molecule has 1 N–H and O–H groups in total. The molecular formula is C18H25F3N4O3S. The number of alkyl halides is 3. The maximum Gasteiger partial charge on any atom is 0.391 e. The number of aromatic nitrogens is 1. The predicted octanol–water partition coefficient (Wildman–Crippen LogP) is 1.63. The number of nitrogens with zero attached hydrogens (tertiary/aromatic N) is 3. The van der Waals surface area contributed by atoms with E-state index in [1.807, 2.05) is 4.90 Å². The molecular weight excluding hydrogens is 409 g/mol. The lowest BCUT2D eigenvalue weighted by atomic mass is 9.85. The summed E-state index contributed by atoms with van der Waals surface area (Å²) >= 11 is 0. The molecule has 1 aromatic rings. The van der Waals surface area contributed by atoms with Gasteiger partial charge in [-0.2, -0.15) is 17.5 Å². The number of sulfonamides is 1. The van der Waals surface area contributed by atoms with E-state index in [1.54, 1.807) is 6.07 Å². The van der Waals surface area contributed by atoms with Crippen molar-refractivity contribution in [1.82, 2.24) is 19.5 Å². The zero-order valence-corrected chi connectivity index (χ0v) is 16.8. The molecule has 2 atom stereocenters. The van der Waals surface area contributed by atoms with Gasteiger partial charge in [0.25, 0.3) is 0 Å². The Balaban J connectivity index is 1.46. The lowest BCUT2D eigenvalue weighted by Gasteiger charge is -2.34. The topological polar surface area (TPSA) is 82.6 Å². The van der Waals surface area contributed by atoms with Crippen LogP contribution in [0.2, 0.25) is 0 Å². The van der Waals surface area contributed by atoms with Crippen LogP contribution in [-0.4, -0.2) is 73.5 Å². The highest BCUT2D eigenvalue weighted by molar-refractivity contribution is 7.89. The molecule has 2 fully saturated rings. The molecule has 3 rings (SSSR count). The predicted molar refractivity (Wildman–Crippen MR) is 99.4 cm³/mol. The SMILES string of the molecule is O=C(CN1CCN(S(=O)(=O)c2cccnc2)CC1)NC1CCCC(C(F)(F)F)C1. The van der Waals surface area contributed by atoms with Crippen LogP contribution in [0.15, 0.2) is 29.4 Å². The molecule has 1 aliphatic heterocycles. The molecule has 0 aromatic carbocycles. The third-order valence-electron chi connectivity index (χ3n) is 5.47. The Morgan fingerprint density at radius 1 is 1.21 bits per heavy atom. The van der Waals surface area contributed by atoms with E-state index in [9.17, 15) is 26.4 Å². The number of rotatable bonds is 5. The number of carbonyl (C=O) groups is 1. The molecule has 0 bridgehead atoms. The van der Waals surface area contributed by atoms with E-state index in [-0.39, 0.29) is 43.3 Å². The van der Waals surface area contributed by atoms with Gasteiger partial charge in [0.05, 0.1) is 12.5 Å². The number of carbonyl (C=O) groups excluding carboxylic acids is 1.